The van der Waals surface area contributed by atoms with Crippen LogP contribution in [0.25, 0.3) is 6.08 Å². The molecule has 2 aromatic rings. The summed E-state index contributed by atoms with van der Waals surface area (Å²) in [5.74, 6) is 2.19. The van der Waals surface area contributed by atoms with Crippen LogP contribution in [-0.2, 0) is 0 Å². The number of nitrogens with zero attached hydrogens (tertiary/aromatic N) is 2. The first kappa shape index (κ1) is 22.0. The zero-order valence-corrected chi connectivity index (χ0v) is 18.1. The average molecular weight is 413 g/mol. The predicted molar refractivity (Wildman–Crippen MR) is 121 cm³/mol. The zero-order chi connectivity index (χ0) is 21.3. The van der Waals surface area contributed by atoms with Gasteiger partial charge in [-0.1, -0.05) is 18.2 Å². The third-order valence-electron chi connectivity index (χ3n) is 5.26. The summed E-state index contributed by atoms with van der Waals surface area (Å²) in [5, 5.41) is 10.5. The molecule has 1 saturated heterocycles. The number of aliphatic hydroxyl groups is 1. The molecule has 30 heavy (non-hydrogen) atoms. The highest BCUT2D eigenvalue weighted by Gasteiger charge is 2.20. The van der Waals surface area contributed by atoms with E-state index in [1.54, 1.807) is 14.2 Å². The van der Waals surface area contributed by atoms with E-state index in [9.17, 15) is 5.11 Å². The van der Waals surface area contributed by atoms with Crippen molar-refractivity contribution >= 4 is 11.8 Å². The van der Waals surface area contributed by atoms with Crippen LogP contribution in [0.4, 0.5) is 5.69 Å². The SMILES string of the molecule is C/C=C/c1ccc(OCC(O)CN2CCN(c3ccc(OC)cc3)CC2)c(OC)c1. The van der Waals surface area contributed by atoms with Crippen molar-refractivity contribution in [1.29, 1.82) is 0 Å². The van der Waals surface area contributed by atoms with E-state index < -0.39 is 6.10 Å². The molecule has 1 N–H and O–H groups in total. The van der Waals surface area contributed by atoms with Gasteiger partial charge >= 0.3 is 0 Å². The molecule has 1 aliphatic rings. The molecule has 6 heteroatoms. The van der Waals surface area contributed by atoms with Gasteiger partial charge in [0.1, 0.15) is 18.5 Å². The molecule has 0 amide bonds. The topological polar surface area (TPSA) is 54.4 Å². The van der Waals surface area contributed by atoms with E-state index >= 15 is 0 Å². The van der Waals surface area contributed by atoms with Crippen LogP contribution in [-0.4, -0.2) is 69.7 Å². The van der Waals surface area contributed by atoms with Gasteiger partial charge in [-0.3, -0.25) is 4.90 Å². The van der Waals surface area contributed by atoms with Gasteiger partial charge < -0.3 is 24.2 Å². The van der Waals surface area contributed by atoms with Crippen molar-refractivity contribution in [2.75, 3.05) is 58.5 Å². The second-order valence-corrected chi connectivity index (χ2v) is 7.36. The summed E-state index contributed by atoms with van der Waals surface area (Å²) in [4.78, 5) is 4.64. The van der Waals surface area contributed by atoms with Crippen LogP contribution in [0, 0.1) is 0 Å². The van der Waals surface area contributed by atoms with E-state index in [2.05, 4.69) is 21.9 Å². The number of aliphatic hydroxyl groups excluding tert-OH is 1. The molecule has 0 bridgehead atoms. The fraction of sp³-hybridized carbons (Fsp3) is 0.417. The number of hydrogen-bond donors (Lipinski definition) is 1. The number of rotatable bonds is 9. The molecular weight excluding hydrogens is 380 g/mol. The number of benzene rings is 2. The molecule has 1 unspecified atom stereocenters. The minimum absolute atomic E-state index is 0.234. The maximum absolute atomic E-state index is 10.5. The largest absolute Gasteiger partial charge is 0.497 e. The number of hydrogen-bond acceptors (Lipinski definition) is 6. The molecule has 0 aliphatic carbocycles. The second-order valence-electron chi connectivity index (χ2n) is 7.36. The summed E-state index contributed by atoms with van der Waals surface area (Å²) >= 11 is 0. The van der Waals surface area contributed by atoms with Gasteiger partial charge in [-0.25, -0.2) is 0 Å². The van der Waals surface area contributed by atoms with Gasteiger partial charge in [0.05, 0.1) is 14.2 Å². The Morgan fingerprint density at radius 1 is 0.967 bits per heavy atom. The van der Waals surface area contributed by atoms with Crippen LogP contribution in [0.2, 0.25) is 0 Å². The number of ether oxygens (including phenoxy) is 3. The van der Waals surface area contributed by atoms with Crippen LogP contribution in [0.3, 0.4) is 0 Å². The third-order valence-corrected chi connectivity index (χ3v) is 5.26. The molecule has 1 aliphatic heterocycles. The lowest BCUT2D eigenvalue weighted by Crippen LogP contribution is -2.49. The highest BCUT2D eigenvalue weighted by molar-refractivity contribution is 5.55. The van der Waals surface area contributed by atoms with Crippen LogP contribution < -0.4 is 19.1 Å². The maximum Gasteiger partial charge on any atom is 0.161 e. The van der Waals surface area contributed by atoms with Crippen LogP contribution in [0.15, 0.2) is 48.5 Å². The van der Waals surface area contributed by atoms with Crippen molar-refractivity contribution < 1.29 is 19.3 Å². The number of β-amino-alcohol motifs (C(OH)–C–C–N with tert-alkyl or cyclic N) is 1. The van der Waals surface area contributed by atoms with Gasteiger partial charge in [0.25, 0.3) is 0 Å². The Balaban J connectivity index is 1.45. The molecule has 1 heterocycles. The van der Waals surface area contributed by atoms with E-state index in [0.29, 0.717) is 18.0 Å². The first-order chi connectivity index (χ1) is 14.6. The minimum Gasteiger partial charge on any atom is -0.497 e. The average Bonchev–Trinajstić information content (AvgIpc) is 2.79. The van der Waals surface area contributed by atoms with Crippen molar-refractivity contribution in [3.05, 3.63) is 54.1 Å². The Bertz CT molecular complexity index is 814. The lowest BCUT2D eigenvalue weighted by molar-refractivity contribution is 0.0653. The van der Waals surface area contributed by atoms with Gasteiger partial charge in [0.2, 0.25) is 0 Å². The van der Waals surface area contributed by atoms with Crippen molar-refractivity contribution in [3.8, 4) is 17.2 Å². The first-order valence-corrected chi connectivity index (χ1v) is 10.4. The molecule has 6 nitrogen and oxygen atoms in total. The standard InChI is InChI=1S/C24H32N2O4/c1-4-5-19-6-11-23(24(16-19)29-3)30-18-21(27)17-25-12-14-26(15-13-25)20-7-9-22(28-2)10-8-20/h4-11,16,21,27H,12-15,17-18H2,1-3H3/b5-4+. The van der Waals surface area contributed by atoms with Gasteiger partial charge in [0.15, 0.2) is 11.5 Å². The fourth-order valence-electron chi connectivity index (χ4n) is 3.62. The Kier molecular flexibility index (Phi) is 7.99. The minimum atomic E-state index is -0.558. The Hall–Kier alpha value is -2.70. The maximum atomic E-state index is 10.5. The molecule has 1 fully saturated rings. The van der Waals surface area contributed by atoms with Gasteiger partial charge in [-0.15, -0.1) is 0 Å². The van der Waals surface area contributed by atoms with Gasteiger partial charge in [0, 0.05) is 38.4 Å². The van der Waals surface area contributed by atoms with Crippen molar-refractivity contribution in [2.45, 2.75) is 13.0 Å². The molecule has 2 aromatic carbocycles. The monoisotopic (exact) mass is 412 g/mol. The van der Waals surface area contributed by atoms with E-state index in [1.165, 1.54) is 5.69 Å². The molecule has 0 radical (unpaired) electrons. The van der Waals surface area contributed by atoms with Crippen molar-refractivity contribution in [2.24, 2.45) is 0 Å². The zero-order valence-electron chi connectivity index (χ0n) is 18.1. The highest BCUT2D eigenvalue weighted by atomic mass is 16.5. The number of piperazine rings is 1. The highest BCUT2D eigenvalue weighted by Crippen LogP contribution is 2.28. The molecule has 162 valence electrons. The van der Waals surface area contributed by atoms with Crippen LogP contribution in [0.1, 0.15) is 12.5 Å². The predicted octanol–water partition coefficient (Wildman–Crippen LogP) is 3.30. The summed E-state index contributed by atoms with van der Waals surface area (Å²) in [7, 11) is 3.30. The molecule has 3 rings (SSSR count). The fourth-order valence-corrected chi connectivity index (χ4v) is 3.62. The number of methoxy groups -OCH3 is 2. The number of anilines is 1. The lowest BCUT2D eigenvalue weighted by Gasteiger charge is -2.36. The molecule has 1 atom stereocenters. The smallest absolute Gasteiger partial charge is 0.161 e. The van der Waals surface area contributed by atoms with E-state index in [0.717, 1.165) is 37.5 Å². The quantitative estimate of drug-likeness (QED) is 0.682. The van der Waals surface area contributed by atoms with Crippen LogP contribution >= 0.6 is 0 Å². The second kappa shape index (κ2) is 10.9. The summed E-state index contributed by atoms with van der Waals surface area (Å²) in [6.45, 7) is 6.48. The summed E-state index contributed by atoms with van der Waals surface area (Å²) in [6.07, 6.45) is 3.43. The molecule has 0 aromatic heterocycles. The van der Waals surface area contributed by atoms with Gasteiger partial charge in [-0.05, 0) is 48.9 Å². The Morgan fingerprint density at radius 2 is 1.70 bits per heavy atom. The number of allylic oxidation sites excluding steroid dienone is 1. The van der Waals surface area contributed by atoms with E-state index in [1.807, 2.05) is 49.4 Å². The van der Waals surface area contributed by atoms with E-state index in [-0.39, 0.29) is 6.61 Å². The summed E-state index contributed by atoms with van der Waals surface area (Å²) < 4.78 is 16.5. The van der Waals surface area contributed by atoms with Crippen LogP contribution in [0.5, 0.6) is 17.2 Å². The third kappa shape index (κ3) is 5.90. The molecular formula is C24H32N2O4. The first-order valence-electron chi connectivity index (χ1n) is 10.4. The molecule has 0 spiro atoms. The summed E-state index contributed by atoms with van der Waals surface area (Å²) in [6, 6.07) is 13.9. The summed E-state index contributed by atoms with van der Waals surface area (Å²) in [5.41, 5.74) is 2.25. The van der Waals surface area contributed by atoms with Crippen molar-refractivity contribution in [1.82, 2.24) is 4.90 Å². The Labute approximate surface area is 179 Å². The lowest BCUT2D eigenvalue weighted by atomic mass is 10.2. The normalized spacial score (nSPS) is 15.9. The Morgan fingerprint density at radius 3 is 2.33 bits per heavy atom. The van der Waals surface area contributed by atoms with E-state index in [4.69, 9.17) is 14.2 Å². The van der Waals surface area contributed by atoms with Crippen molar-refractivity contribution in [3.63, 3.8) is 0 Å². The molecule has 0 saturated carbocycles. The van der Waals surface area contributed by atoms with Gasteiger partial charge in [-0.2, -0.15) is 0 Å².